The first-order chi connectivity index (χ1) is 9.03. The van der Waals surface area contributed by atoms with E-state index in [1.54, 1.807) is 0 Å². The lowest BCUT2D eigenvalue weighted by atomic mass is 10.2. The Morgan fingerprint density at radius 3 is 2.60 bits per heavy atom. The van der Waals surface area contributed by atoms with E-state index in [9.17, 15) is 16.8 Å². The molecule has 0 fully saturated rings. The number of thiophene rings is 1. The second kappa shape index (κ2) is 4.81. The van der Waals surface area contributed by atoms with E-state index in [0.717, 1.165) is 4.41 Å². The van der Waals surface area contributed by atoms with Gasteiger partial charge < -0.3 is 5.43 Å². The molecule has 1 aliphatic heterocycles. The van der Waals surface area contributed by atoms with Crippen molar-refractivity contribution in [2.24, 2.45) is 11.1 Å². The molecular weight excluding hydrogens is 322 g/mol. The normalized spacial score (nSPS) is 18.9. The second-order valence-corrected chi connectivity index (χ2v) is 9.73. The van der Waals surface area contributed by atoms with Gasteiger partial charge in [0.15, 0.2) is 0 Å². The van der Waals surface area contributed by atoms with E-state index >= 15 is 0 Å². The molecule has 112 valence electrons. The number of nitrogens with one attached hydrogen (secondary N) is 1. The number of fused-ring (bicyclic) bond motifs is 1. The summed E-state index contributed by atoms with van der Waals surface area (Å²) in [6, 6.07) is 1.23. The van der Waals surface area contributed by atoms with E-state index in [1.165, 1.54) is 6.07 Å². The molecule has 1 aromatic rings. The molecule has 1 aromatic heterocycles. The molecule has 0 spiro atoms. The summed E-state index contributed by atoms with van der Waals surface area (Å²) in [7, 11) is -7.73. The minimum atomic E-state index is -3.94. The molecule has 20 heavy (non-hydrogen) atoms. The Balaban J connectivity index is 2.59. The molecule has 2 heterocycles. The van der Waals surface area contributed by atoms with Crippen LogP contribution in [-0.4, -0.2) is 27.8 Å². The maximum absolute atomic E-state index is 12.4. The molecule has 0 saturated carbocycles. The highest BCUT2D eigenvalue weighted by Crippen LogP contribution is 2.37. The Kier molecular flexibility index (Phi) is 3.71. The van der Waals surface area contributed by atoms with E-state index in [-0.39, 0.29) is 26.4 Å². The summed E-state index contributed by atoms with van der Waals surface area (Å²) in [6.07, 6.45) is 0. The third-order valence-corrected chi connectivity index (χ3v) is 7.34. The average Bonchev–Trinajstić information content (AvgIpc) is 2.71. The zero-order chi connectivity index (χ0) is 15.3. The van der Waals surface area contributed by atoms with Crippen molar-refractivity contribution in [1.82, 2.24) is 9.84 Å². The van der Waals surface area contributed by atoms with Gasteiger partial charge in [-0.1, -0.05) is 20.4 Å². The number of hydrogen-bond acceptors (Lipinski definition) is 6. The van der Waals surface area contributed by atoms with Crippen LogP contribution >= 0.6 is 11.3 Å². The highest BCUT2D eigenvalue weighted by atomic mass is 32.3. The summed E-state index contributed by atoms with van der Waals surface area (Å²) in [5, 5.41) is 5.04. The van der Waals surface area contributed by atoms with Gasteiger partial charge in [-0.2, -0.15) is 0 Å². The largest absolute Gasteiger partial charge is 0.305 e. The average molecular weight is 337 g/mol. The molecule has 0 bridgehead atoms. The van der Waals surface area contributed by atoms with Crippen LogP contribution in [0.5, 0.6) is 0 Å². The molecule has 0 amide bonds. The Morgan fingerprint density at radius 2 is 2.10 bits per heavy atom. The van der Waals surface area contributed by atoms with Crippen LogP contribution in [-0.2, 0) is 20.0 Å². The number of primary sulfonamides is 1. The van der Waals surface area contributed by atoms with Gasteiger partial charge in [0.2, 0.25) is 10.0 Å². The van der Waals surface area contributed by atoms with Crippen molar-refractivity contribution in [2.75, 3.05) is 6.54 Å². The van der Waals surface area contributed by atoms with Crippen molar-refractivity contribution in [3.05, 3.63) is 18.2 Å². The predicted octanol–water partition coefficient (Wildman–Crippen LogP) is 0.531. The number of sulfonamides is 2. The Labute approximate surface area is 122 Å². The van der Waals surface area contributed by atoms with Crippen LogP contribution in [0.15, 0.2) is 21.1 Å². The first-order valence-electron chi connectivity index (χ1n) is 5.69. The van der Waals surface area contributed by atoms with Gasteiger partial charge in [-0.05, 0) is 12.0 Å². The van der Waals surface area contributed by atoms with E-state index in [0.29, 0.717) is 17.0 Å². The van der Waals surface area contributed by atoms with Crippen LogP contribution in [0, 0.1) is 5.92 Å². The fraction of sp³-hybridized carbons (Fsp3) is 0.400. The monoisotopic (exact) mass is 337 g/mol. The Morgan fingerprint density at radius 1 is 1.50 bits per heavy atom. The molecule has 3 N–H and O–H groups in total. The number of rotatable bonds is 3. The summed E-state index contributed by atoms with van der Waals surface area (Å²) >= 11 is 0.640. The van der Waals surface area contributed by atoms with Crippen molar-refractivity contribution in [1.29, 1.82) is 0 Å². The quantitative estimate of drug-likeness (QED) is 0.836. The fourth-order valence-corrected chi connectivity index (χ4v) is 5.89. The van der Waals surface area contributed by atoms with Gasteiger partial charge in [0.25, 0.3) is 10.0 Å². The summed E-state index contributed by atoms with van der Waals surface area (Å²) in [5.74, 6) is 0.101. The molecule has 0 aliphatic carbocycles. The zero-order valence-corrected chi connectivity index (χ0v) is 13.4. The number of hydrogen-bond donors (Lipinski definition) is 2. The predicted molar refractivity (Wildman–Crippen MR) is 76.6 cm³/mol. The smallest absolute Gasteiger partial charge is 0.270 e. The van der Waals surface area contributed by atoms with E-state index in [2.05, 4.69) is 12.0 Å². The standard InChI is InChI=1S/C10H15N3O4S3/c1-6(2)5-13-12-7(3)8-4-9(19(11,14)15)18-10(8)20(13,16)17/h4,6,12H,3,5H2,1-2H3,(H2,11,14,15). The lowest BCUT2D eigenvalue weighted by Crippen LogP contribution is -2.46. The first kappa shape index (κ1) is 15.4. The van der Waals surface area contributed by atoms with Crippen molar-refractivity contribution in [2.45, 2.75) is 22.3 Å². The van der Waals surface area contributed by atoms with E-state index < -0.39 is 20.0 Å². The minimum Gasteiger partial charge on any atom is -0.305 e. The van der Waals surface area contributed by atoms with Crippen molar-refractivity contribution in [3.63, 3.8) is 0 Å². The summed E-state index contributed by atoms with van der Waals surface area (Å²) in [5.41, 5.74) is 3.26. The van der Waals surface area contributed by atoms with Gasteiger partial charge in [-0.15, -0.1) is 15.8 Å². The molecule has 0 aromatic carbocycles. The maximum atomic E-state index is 12.4. The molecule has 10 heteroatoms. The van der Waals surface area contributed by atoms with Gasteiger partial charge in [-0.25, -0.2) is 22.0 Å². The number of nitrogens with two attached hydrogens (primary N) is 1. The SMILES string of the molecule is C=C1NN(CC(C)C)S(=O)(=O)c2sc(S(N)(=O)=O)cc21. The molecule has 7 nitrogen and oxygen atoms in total. The maximum Gasteiger partial charge on any atom is 0.270 e. The van der Waals surface area contributed by atoms with Crippen molar-refractivity contribution >= 4 is 37.1 Å². The molecule has 1 aliphatic rings. The van der Waals surface area contributed by atoms with Crippen LogP contribution in [0.25, 0.3) is 5.70 Å². The van der Waals surface area contributed by atoms with Crippen LogP contribution in [0.4, 0.5) is 0 Å². The lowest BCUT2D eigenvalue weighted by molar-refractivity contribution is 0.326. The third kappa shape index (κ3) is 2.61. The highest BCUT2D eigenvalue weighted by molar-refractivity contribution is 7.94. The van der Waals surface area contributed by atoms with Gasteiger partial charge in [0.1, 0.15) is 8.42 Å². The molecule has 0 unspecified atom stereocenters. The third-order valence-electron chi connectivity index (χ3n) is 2.60. The van der Waals surface area contributed by atoms with Crippen LogP contribution in [0.3, 0.4) is 0 Å². The van der Waals surface area contributed by atoms with Crippen LogP contribution in [0.2, 0.25) is 0 Å². The number of nitrogens with zero attached hydrogens (tertiary/aromatic N) is 1. The highest BCUT2D eigenvalue weighted by Gasteiger charge is 2.37. The number of hydrazine groups is 1. The molecule has 2 rings (SSSR count). The molecule has 0 radical (unpaired) electrons. The minimum absolute atomic E-state index is 0.0501. The van der Waals surface area contributed by atoms with Gasteiger partial charge in [0, 0.05) is 12.1 Å². The van der Waals surface area contributed by atoms with Gasteiger partial charge in [0.05, 0.1) is 5.70 Å². The molecular formula is C10H15N3O4S3. The Bertz CT molecular complexity index is 762. The summed E-state index contributed by atoms with van der Waals surface area (Å²) in [6.45, 7) is 7.73. The van der Waals surface area contributed by atoms with E-state index in [1.807, 2.05) is 13.8 Å². The lowest BCUT2D eigenvalue weighted by Gasteiger charge is -2.30. The van der Waals surface area contributed by atoms with Crippen molar-refractivity contribution < 1.29 is 16.8 Å². The Hall–Kier alpha value is -0.940. The summed E-state index contributed by atoms with van der Waals surface area (Å²) < 4.78 is 48.4. The van der Waals surface area contributed by atoms with E-state index in [4.69, 9.17) is 5.14 Å². The summed E-state index contributed by atoms with van der Waals surface area (Å²) in [4.78, 5) is 0. The zero-order valence-electron chi connectivity index (χ0n) is 11.0. The fourth-order valence-electron chi connectivity index (χ4n) is 1.74. The topological polar surface area (TPSA) is 110 Å². The van der Waals surface area contributed by atoms with Crippen LogP contribution < -0.4 is 10.6 Å². The molecule has 0 saturated heterocycles. The van der Waals surface area contributed by atoms with Gasteiger partial charge >= 0.3 is 0 Å². The van der Waals surface area contributed by atoms with Crippen LogP contribution in [0.1, 0.15) is 19.4 Å². The van der Waals surface area contributed by atoms with Gasteiger partial charge in [-0.3, -0.25) is 0 Å². The van der Waals surface area contributed by atoms with Crippen molar-refractivity contribution in [3.8, 4) is 0 Å². The molecule has 0 atom stereocenters. The first-order valence-corrected chi connectivity index (χ1v) is 9.49. The second-order valence-electron chi connectivity index (χ2n) is 4.83.